The van der Waals surface area contributed by atoms with Crippen molar-refractivity contribution in [3.05, 3.63) is 83.9 Å². The van der Waals surface area contributed by atoms with Crippen LogP contribution in [0.3, 0.4) is 0 Å². The fourth-order valence-corrected chi connectivity index (χ4v) is 2.43. The highest BCUT2D eigenvalue weighted by atomic mass is 14.8. The molecule has 0 bridgehead atoms. The maximum Gasteiger partial charge on any atom is 0.0727 e. The fourth-order valence-electron chi connectivity index (χ4n) is 2.43. The molecule has 0 spiro atoms. The number of nitrogens with zero attached hydrogens (tertiary/aromatic N) is 1. The summed E-state index contributed by atoms with van der Waals surface area (Å²) < 4.78 is 0. The molecule has 0 heterocycles. The summed E-state index contributed by atoms with van der Waals surface area (Å²) in [5.41, 5.74) is 2.41. The largest absolute Gasteiger partial charge is 0.285 e. The van der Waals surface area contributed by atoms with Crippen molar-refractivity contribution in [1.82, 2.24) is 0 Å². The first-order chi connectivity index (χ1) is 9.84. The number of aliphatic imine (C=N–C) groups is 1. The Hall–Kier alpha value is -2.41. The van der Waals surface area contributed by atoms with Crippen LogP contribution in [0.4, 0.5) is 0 Å². The summed E-state index contributed by atoms with van der Waals surface area (Å²) >= 11 is 0. The molecule has 1 heteroatoms. The fraction of sp³-hybridized carbons (Fsp3) is 0.105. The van der Waals surface area contributed by atoms with E-state index >= 15 is 0 Å². The highest BCUT2D eigenvalue weighted by molar-refractivity contribution is 5.86. The first kappa shape index (κ1) is 12.6. The third-order valence-corrected chi connectivity index (χ3v) is 3.52. The lowest BCUT2D eigenvalue weighted by Crippen LogP contribution is -1.92. The van der Waals surface area contributed by atoms with Crippen LogP contribution in [0.2, 0.25) is 0 Å². The van der Waals surface area contributed by atoms with Crippen LogP contribution in [-0.2, 0) is 0 Å². The predicted molar refractivity (Wildman–Crippen MR) is 86.4 cm³/mol. The maximum absolute atomic E-state index is 4.69. The molecular weight excluding hydrogens is 242 g/mol. The third kappa shape index (κ3) is 2.62. The van der Waals surface area contributed by atoms with E-state index in [2.05, 4.69) is 66.5 Å². The number of benzene rings is 3. The second kappa shape index (κ2) is 5.70. The zero-order valence-corrected chi connectivity index (χ0v) is 11.5. The molecule has 0 aliphatic heterocycles. The molecule has 0 amide bonds. The minimum absolute atomic E-state index is 0.154. The zero-order valence-electron chi connectivity index (χ0n) is 11.5. The molecular formula is C19H17N. The van der Waals surface area contributed by atoms with Crippen molar-refractivity contribution in [2.75, 3.05) is 0 Å². The van der Waals surface area contributed by atoms with Crippen LogP contribution in [-0.4, -0.2) is 6.21 Å². The van der Waals surface area contributed by atoms with Gasteiger partial charge < -0.3 is 0 Å². The van der Waals surface area contributed by atoms with Crippen molar-refractivity contribution in [2.24, 2.45) is 4.99 Å². The summed E-state index contributed by atoms with van der Waals surface area (Å²) in [4.78, 5) is 4.69. The van der Waals surface area contributed by atoms with Crippen LogP contribution in [0, 0.1) is 0 Å². The van der Waals surface area contributed by atoms with Gasteiger partial charge in [-0.15, -0.1) is 0 Å². The lowest BCUT2D eigenvalue weighted by Gasteiger charge is -2.10. The molecule has 0 fully saturated rings. The number of hydrogen-bond donors (Lipinski definition) is 0. The van der Waals surface area contributed by atoms with E-state index in [9.17, 15) is 0 Å². The molecule has 0 aliphatic carbocycles. The quantitative estimate of drug-likeness (QED) is 0.586. The standard InChI is InChI=1S/C19H17N/c1-15(20-14-16-8-3-2-4-9-16)18-13-7-11-17-10-5-6-12-19(17)18/h2-15H,1H3/b20-14+/t15-/m1/s1. The van der Waals surface area contributed by atoms with Gasteiger partial charge in [-0.05, 0) is 28.8 Å². The first-order valence-corrected chi connectivity index (χ1v) is 6.90. The average Bonchev–Trinajstić information content (AvgIpc) is 2.53. The summed E-state index contributed by atoms with van der Waals surface area (Å²) in [7, 11) is 0. The lowest BCUT2D eigenvalue weighted by atomic mass is 10.00. The molecule has 0 N–H and O–H groups in total. The Labute approximate surface area is 119 Å². The van der Waals surface area contributed by atoms with Crippen molar-refractivity contribution in [1.29, 1.82) is 0 Å². The smallest absolute Gasteiger partial charge is 0.0727 e. The Morgan fingerprint density at radius 3 is 2.35 bits per heavy atom. The van der Waals surface area contributed by atoms with Gasteiger partial charge in [0.15, 0.2) is 0 Å². The molecule has 1 nitrogen and oxygen atoms in total. The van der Waals surface area contributed by atoms with Crippen LogP contribution in [0.15, 0.2) is 77.8 Å². The van der Waals surface area contributed by atoms with Crippen LogP contribution >= 0.6 is 0 Å². The van der Waals surface area contributed by atoms with E-state index in [4.69, 9.17) is 0 Å². The number of rotatable bonds is 3. The summed E-state index contributed by atoms with van der Waals surface area (Å²) in [6, 6.07) is 25.3. The summed E-state index contributed by atoms with van der Waals surface area (Å²) in [6.45, 7) is 2.14. The summed E-state index contributed by atoms with van der Waals surface area (Å²) in [5.74, 6) is 0. The molecule has 0 saturated carbocycles. The highest BCUT2D eigenvalue weighted by Gasteiger charge is 2.06. The second-order valence-electron chi connectivity index (χ2n) is 4.93. The zero-order chi connectivity index (χ0) is 13.8. The third-order valence-electron chi connectivity index (χ3n) is 3.52. The van der Waals surface area contributed by atoms with E-state index in [1.165, 1.54) is 16.3 Å². The second-order valence-corrected chi connectivity index (χ2v) is 4.93. The van der Waals surface area contributed by atoms with Crippen molar-refractivity contribution < 1.29 is 0 Å². The van der Waals surface area contributed by atoms with E-state index in [1.807, 2.05) is 24.4 Å². The Bertz CT molecular complexity index is 724. The topological polar surface area (TPSA) is 12.4 Å². The molecule has 3 aromatic carbocycles. The Morgan fingerprint density at radius 1 is 0.800 bits per heavy atom. The van der Waals surface area contributed by atoms with Gasteiger partial charge >= 0.3 is 0 Å². The van der Waals surface area contributed by atoms with Crippen molar-refractivity contribution in [3.8, 4) is 0 Å². The molecule has 0 aromatic heterocycles. The molecule has 0 unspecified atom stereocenters. The Balaban J connectivity index is 1.93. The minimum atomic E-state index is 0.154. The van der Waals surface area contributed by atoms with Gasteiger partial charge in [-0.1, -0.05) is 72.8 Å². The molecule has 3 rings (SSSR count). The first-order valence-electron chi connectivity index (χ1n) is 6.90. The van der Waals surface area contributed by atoms with Gasteiger partial charge in [0.1, 0.15) is 0 Å². The molecule has 1 atom stereocenters. The maximum atomic E-state index is 4.69. The van der Waals surface area contributed by atoms with Gasteiger partial charge in [0.25, 0.3) is 0 Å². The van der Waals surface area contributed by atoms with Gasteiger partial charge in [-0.2, -0.15) is 0 Å². The van der Waals surface area contributed by atoms with Gasteiger partial charge in [-0.25, -0.2) is 0 Å². The van der Waals surface area contributed by atoms with Crippen LogP contribution in [0.1, 0.15) is 24.1 Å². The van der Waals surface area contributed by atoms with Gasteiger partial charge in [0.05, 0.1) is 6.04 Å². The average molecular weight is 259 g/mol. The molecule has 98 valence electrons. The number of fused-ring (bicyclic) bond motifs is 1. The predicted octanol–water partition coefficient (Wildman–Crippen LogP) is 5.02. The van der Waals surface area contributed by atoms with Gasteiger partial charge in [0.2, 0.25) is 0 Å². The van der Waals surface area contributed by atoms with E-state index in [0.717, 1.165) is 5.56 Å². The Kier molecular flexibility index (Phi) is 3.60. The van der Waals surface area contributed by atoms with Crippen LogP contribution < -0.4 is 0 Å². The van der Waals surface area contributed by atoms with Crippen LogP contribution in [0.25, 0.3) is 10.8 Å². The van der Waals surface area contributed by atoms with E-state index in [1.54, 1.807) is 0 Å². The molecule has 0 radical (unpaired) electrons. The molecule has 3 aromatic rings. The number of hydrogen-bond acceptors (Lipinski definition) is 1. The van der Waals surface area contributed by atoms with E-state index in [0.29, 0.717) is 0 Å². The van der Waals surface area contributed by atoms with E-state index in [-0.39, 0.29) is 6.04 Å². The molecule has 0 aliphatic rings. The summed E-state index contributed by atoms with van der Waals surface area (Å²) in [6.07, 6.45) is 1.95. The lowest BCUT2D eigenvalue weighted by molar-refractivity contribution is 0.834. The monoisotopic (exact) mass is 259 g/mol. The molecule has 0 saturated heterocycles. The van der Waals surface area contributed by atoms with Crippen molar-refractivity contribution in [2.45, 2.75) is 13.0 Å². The minimum Gasteiger partial charge on any atom is -0.285 e. The summed E-state index contributed by atoms with van der Waals surface area (Å²) in [5, 5.41) is 2.56. The SMILES string of the molecule is C[C@@H](/N=C/c1ccccc1)c1cccc2ccccc12. The van der Waals surface area contributed by atoms with Crippen molar-refractivity contribution in [3.63, 3.8) is 0 Å². The van der Waals surface area contributed by atoms with Gasteiger partial charge in [0, 0.05) is 6.21 Å². The Morgan fingerprint density at radius 2 is 1.50 bits per heavy atom. The molecule has 20 heavy (non-hydrogen) atoms. The van der Waals surface area contributed by atoms with Gasteiger partial charge in [-0.3, -0.25) is 4.99 Å². The highest BCUT2D eigenvalue weighted by Crippen LogP contribution is 2.26. The van der Waals surface area contributed by atoms with E-state index < -0.39 is 0 Å². The normalized spacial score (nSPS) is 12.8. The van der Waals surface area contributed by atoms with Crippen molar-refractivity contribution >= 4 is 17.0 Å². The van der Waals surface area contributed by atoms with Crippen LogP contribution in [0.5, 0.6) is 0 Å².